The SMILES string of the molecule is O=C(NC1CCN(CC(F)(F)F)C1=O)Oc1sc(C2=NOC(c3cc(Cl)cc(Cl)c3)(C(F)(F)F)C2)c2c1CCCC2. The first-order valence-electron chi connectivity index (χ1n) is 12.4. The van der Waals surface area contributed by atoms with E-state index in [2.05, 4.69) is 10.5 Å². The number of oxime groups is 1. The molecular formula is C25H21Cl2F6N3O4S. The van der Waals surface area contributed by atoms with Gasteiger partial charge in [-0.2, -0.15) is 26.3 Å². The van der Waals surface area contributed by atoms with E-state index in [4.69, 9.17) is 32.8 Å². The Kier molecular flexibility index (Phi) is 7.88. The van der Waals surface area contributed by atoms with Gasteiger partial charge in [0.2, 0.25) is 5.91 Å². The van der Waals surface area contributed by atoms with E-state index in [-0.39, 0.29) is 39.3 Å². The van der Waals surface area contributed by atoms with Crippen molar-refractivity contribution in [3.63, 3.8) is 0 Å². The van der Waals surface area contributed by atoms with E-state index in [0.29, 0.717) is 33.7 Å². The summed E-state index contributed by atoms with van der Waals surface area (Å²) in [5.41, 5.74) is -1.84. The molecule has 1 fully saturated rings. The van der Waals surface area contributed by atoms with Gasteiger partial charge >= 0.3 is 18.4 Å². The van der Waals surface area contributed by atoms with Crippen LogP contribution in [-0.2, 0) is 28.1 Å². The fourth-order valence-electron chi connectivity index (χ4n) is 5.23. The highest BCUT2D eigenvalue weighted by Gasteiger charge is 2.62. The van der Waals surface area contributed by atoms with Gasteiger partial charge in [-0.25, -0.2) is 4.79 Å². The normalized spacial score (nSPS) is 22.8. The topological polar surface area (TPSA) is 80.2 Å². The van der Waals surface area contributed by atoms with Crippen molar-refractivity contribution in [3.8, 4) is 5.06 Å². The van der Waals surface area contributed by atoms with E-state index in [1.807, 2.05) is 0 Å². The van der Waals surface area contributed by atoms with Gasteiger partial charge in [0.25, 0.3) is 5.60 Å². The predicted octanol–water partition coefficient (Wildman–Crippen LogP) is 6.77. The lowest BCUT2D eigenvalue weighted by Gasteiger charge is -2.29. The summed E-state index contributed by atoms with van der Waals surface area (Å²) in [6.45, 7) is -1.60. The Bertz CT molecular complexity index is 1390. The minimum Gasteiger partial charge on any atom is -0.399 e. The highest BCUT2D eigenvalue weighted by atomic mass is 35.5. The average molecular weight is 644 g/mol. The standard InChI is InChI=1S/C25H21Cl2F6N3O4S/c26-13-7-12(8-14(27)9-13)23(25(31,32)33)10-18(35-40-23)19-15-3-1-2-4-16(15)21(41-19)39-22(38)34-17-5-6-36(20(17)37)11-24(28,29)30/h7-9,17H,1-6,10-11H2,(H,34,38). The van der Waals surface area contributed by atoms with Gasteiger partial charge in [-0.1, -0.05) is 39.7 Å². The van der Waals surface area contributed by atoms with Crippen molar-refractivity contribution in [2.24, 2.45) is 5.16 Å². The molecule has 0 saturated carbocycles. The molecule has 16 heteroatoms. The predicted molar refractivity (Wildman–Crippen MR) is 138 cm³/mol. The molecule has 2 atom stereocenters. The van der Waals surface area contributed by atoms with Gasteiger partial charge in [0, 0.05) is 27.7 Å². The first kappa shape index (κ1) is 29.8. The molecule has 3 aliphatic rings. The number of alkyl halides is 6. The van der Waals surface area contributed by atoms with Crippen molar-refractivity contribution in [2.45, 2.75) is 62.5 Å². The van der Waals surface area contributed by atoms with E-state index in [9.17, 15) is 35.9 Å². The number of benzene rings is 1. The first-order valence-corrected chi connectivity index (χ1v) is 14.0. The molecule has 0 spiro atoms. The minimum atomic E-state index is -4.89. The van der Waals surface area contributed by atoms with Crippen LogP contribution in [0.3, 0.4) is 0 Å². The summed E-state index contributed by atoms with van der Waals surface area (Å²) in [6.07, 6.45) is -8.76. The molecule has 1 N–H and O–H groups in total. The van der Waals surface area contributed by atoms with Crippen molar-refractivity contribution >= 4 is 52.3 Å². The molecule has 41 heavy (non-hydrogen) atoms. The number of amides is 2. The third kappa shape index (κ3) is 5.96. The van der Waals surface area contributed by atoms with Gasteiger partial charge < -0.3 is 19.8 Å². The van der Waals surface area contributed by atoms with Gasteiger partial charge in [0.05, 0.1) is 11.3 Å². The molecule has 1 aliphatic carbocycles. The molecular weight excluding hydrogens is 623 g/mol. The molecule has 7 nitrogen and oxygen atoms in total. The number of rotatable bonds is 5. The highest BCUT2D eigenvalue weighted by molar-refractivity contribution is 7.16. The van der Waals surface area contributed by atoms with E-state index < -0.39 is 49.0 Å². The monoisotopic (exact) mass is 643 g/mol. The molecule has 2 aliphatic heterocycles. The molecule has 0 bridgehead atoms. The summed E-state index contributed by atoms with van der Waals surface area (Å²) in [5, 5.41) is 6.21. The minimum absolute atomic E-state index is 0.00518. The number of hydrogen-bond acceptors (Lipinski definition) is 6. The van der Waals surface area contributed by atoms with Crippen molar-refractivity contribution in [2.75, 3.05) is 13.1 Å². The van der Waals surface area contributed by atoms with E-state index in [1.165, 1.54) is 6.07 Å². The quantitative estimate of drug-likeness (QED) is 0.365. The zero-order chi connectivity index (χ0) is 29.7. The van der Waals surface area contributed by atoms with Crippen molar-refractivity contribution < 1.29 is 45.5 Å². The van der Waals surface area contributed by atoms with Gasteiger partial charge in [-0.05, 0) is 55.9 Å². The number of thiophene rings is 1. The Morgan fingerprint density at radius 2 is 1.78 bits per heavy atom. The molecule has 1 saturated heterocycles. The molecule has 1 aromatic heterocycles. The van der Waals surface area contributed by atoms with Crippen LogP contribution >= 0.6 is 34.5 Å². The second kappa shape index (κ2) is 10.8. The van der Waals surface area contributed by atoms with Gasteiger partial charge in [-0.3, -0.25) is 4.79 Å². The Morgan fingerprint density at radius 3 is 2.41 bits per heavy atom. The van der Waals surface area contributed by atoms with Crippen LogP contribution in [0.25, 0.3) is 0 Å². The molecule has 1 aromatic carbocycles. The van der Waals surface area contributed by atoms with Crippen LogP contribution < -0.4 is 10.1 Å². The maximum atomic E-state index is 14.5. The maximum absolute atomic E-state index is 14.5. The van der Waals surface area contributed by atoms with Crippen LogP contribution in [0.5, 0.6) is 5.06 Å². The number of halogens is 8. The Morgan fingerprint density at radius 1 is 1.12 bits per heavy atom. The molecule has 2 amide bonds. The number of nitrogens with one attached hydrogen (secondary N) is 1. The van der Waals surface area contributed by atoms with E-state index in [0.717, 1.165) is 36.3 Å². The van der Waals surface area contributed by atoms with Gasteiger partial charge in [0.1, 0.15) is 18.3 Å². The molecule has 2 aromatic rings. The first-order chi connectivity index (χ1) is 19.2. The lowest BCUT2D eigenvalue weighted by Crippen LogP contribution is -2.44. The summed E-state index contributed by atoms with van der Waals surface area (Å²) in [6, 6.07) is 2.33. The molecule has 0 radical (unpaired) electrons. The van der Waals surface area contributed by atoms with Gasteiger partial charge in [0.15, 0.2) is 5.06 Å². The number of ether oxygens (including phenoxy) is 1. The van der Waals surface area contributed by atoms with Crippen LogP contribution in [0, 0.1) is 0 Å². The Balaban J connectivity index is 1.37. The maximum Gasteiger partial charge on any atom is 0.435 e. The van der Waals surface area contributed by atoms with Crippen LogP contribution in [-0.4, -0.2) is 54.1 Å². The van der Waals surface area contributed by atoms with E-state index >= 15 is 0 Å². The van der Waals surface area contributed by atoms with Crippen molar-refractivity contribution in [3.05, 3.63) is 49.8 Å². The third-order valence-corrected chi connectivity index (χ3v) is 8.74. The van der Waals surface area contributed by atoms with E-state index in [1.54, 1.807) is 0 Å². The van der Waals surface area contributed by atoms with Crippen LogP contribution in [0.1, 0.15) is 47.3 Å². The van der Waals surface area contributed by atoms with Crippen LogP contribution in [0.2, 0.25) is 10.0 Å². The van der Waals surface area contributed by atoms with Crippen molar-refractivity contribution in [1.82, 2.24) is 10.2 Å². The number of hydrogen-bond donors (Lipinski definition) is 1. The zero-order valence-electron chi connectivity index (χ0n) is 20.9. The molecule has 5 rings (SSSR count). The van der Waals surface area contributed by atoms with Gasteiger partial charge in [-0.15, -0.1) is 0 Å². The number of nitrogens with zero attached hydrogens (tertiary/aromatic N) is 2. The smallest absolute Gasteiger partial charge is 0.399 e. The summed E-state index contributed by atoms with van der Waals surface area (Å²) in [7, 11) is 0. The third-order valence-electron chi connectivity index (χ3n) is 7.11. The van der Waals surface area contributed by atoms with Crippen LogP contribution in [0.15, 0.2) is 23.4 Å². The fourth-order valence-corrected chi connectivity index (χ4v) is 6.98. The van der Waals surface area contributed by atoms with Crippen LogP contribution in [0.4, 0.5) is 31.1 Å². The summed E-state index contributed by atoms with van der Waals surface area (Å²) in [5.74, 6) is -0.879. The Labute approximate surface area is 243 Å². The number of likely N-dealkylation sites (tertiary alicyclic amines) is 1. The number of carbonyl (C=O) groups excluding carboxylic acids is 2. The number of carbonyl (C=O) groups is 2. The Hall–Kier alpha value is -2.71. The lowest BCUT2D eigenvalue weighted by molar-refractivity contribution is -0.275. The summed E-state index contributed by atoms with van der Waals surface area (Å²) < 4.78 is 86.9. The molecule has 3 heterocycles. The van der Waals surface area contributed by atoms with Crippen molar-refractivity contribution in [1.29, 1.82) is 0 Å². The fraction of sp³-hybridized carbons (Fsp3) is 0.480. The molecule has 222 valence electrons. The second-order valence-electron chi connectivity index (χ2n) is 9.92. The zero-order valence-corrected chi connectivity index (χ0v) is 23.3. The molecule has 2 unspecified atom stereocenters. The lowest BCUT2D eigenvalue weighted by atomic mass is 9.86. The highest BCUT2D eigenvalue weighted by Crippen LogP contribution is 2.51. The number of fused-ring (bicyclic) bond motifs is 1. The largest absolute Gasteiger partial charge is 0.435 e. The summed E-state index contributed by atoms with van der Waals surface area (Å²) in [4.78, 5) is 31.0. The average Bonchev–Trinajstić information content (AvgIpc) is 3.55. The summed E-state index contributed by atoms with van der Waals surface area (Å²) >= 11 is 12.9. The second-order valence-corrected chi connectivity index (χ2v) is 11.8.